The third-order valence-electron chi connectivity index (χ3n) is 1.01. The molecule has 0 bridgehead atoms. The van der Waals surface area contributed by atoms with Crippen LogP contribution >= 0.6 is 0 Å². The largest absolute Gasteiger partial charge is 0.481 e. The second kappa shape index (κ2) is 2.49. The first-order valence-electron chi connectivity index (χ1n) is 2.72. The summed E-state index contributed by atoms with van der Waals surface area (Å²) in [5, 5.41) is 0. The minimum absolute atomic E-state index is 0.551. The smallest absolute Gasteiger partial charge is 0.221 e. The van der Waals surface area contributed by atoms with E-state index in [1.807, 2.05) is 13.0 Å². The summed E-state index contributed by atoms with van der Waals surface area (Å²) in [6.45, 7) is 1.95. The second-order valence-corrected chi connectivity index (χ2v) is 1.76. The second-order valence-electron chi connectivity index (χ2n) is 1.76. The third-order valence-corrected chi connectivity index (χ3v) is 1.01. The van der Waals surface area contributed by atoms with Crippen LogP contribution in [0.2, 0.25) is 0 Å². The maximum Gasteiger partial charge on any atom is 0.221 e. The molecule has 0 aromatic carbocycles. The Kier molecular flexibility index (Phi) is 1.68. The summed E-state index contributed by atoms with van der Waals surface area (Å²) in [5.74, 6) is 0.551. The molecule has 0 spiro atoms. The zero-order valence-corrected chi connectivity index (χ0v) is 5.51. The van der Waals surface area contributed by atoms with Gasteiger partial charge in [0.2, 0.25) is 5.88 Å². The third kappa shape index (κ3) is 1.42. The van der Waals surface area contributed by atoms with Gasteiger partial charge in [0, 0.05) is 6.20 Å². The lowest BCUT2D eigenvalue weighted by molar-refractivity contribution is 0.396. The van der Waals surface area contributed by atoms with Crippen LogP contribution in [0.15, 0.2) is 12.3 Å². The van der Waals surface area contributed by atoms with Crippen LogP contribution in [0.4, 0.5) is 0 Å². The number of nitrogens with zero attached hydrogens (tertiary/aromatic N) is 1. The number of rotatable bonds is 1. The molecule has 1 aromatic rings. The zero-order chi connectivity index (χ0) is 6.69. The van der Waals surface area contributed by atoms with E-state index in [4.69, 9.17) is 4.74 Å². The van der Waals surface area contributed by atoms with Crippen molar-refractivity contribution in [3.8, 4) is 5.88 Å². The summed E-state index contributed by atoms with van der Waals surface area (Å²) in [6.07, 6.45) is 1.70. The van der Waals surface area contributed by atoms with E-state index in [2.05, 4.69) is 11.1 Å². The number of methoxy groups -OCH3 is 1. The molecule has 0 amide bonds. The standard InChI is InChI=1S/C7H8NO/c1-6-3-4-8-7(5-6)9-2/h3-4H,1-2H3. The van der Waals surface area contributed by atoms with Crippen LogP contribution in [-0.2, 0) is 0 Å². The Balaban J connectivity index is 2.94. The van der Waals surface area contributed by atoms with Gasteiger partial charge < -0.3 is 4.74 Å². The number of aryl methyl sites for hydroxylation is 1. The number of pyridine rings is 1. The Morgan fingerprint density at radius 3 is 2.89 bits per heavy atom. The Morgan fingerprint density at radius 2 is 2.44 bits per heavy atom. The summed E-state index contributed by atoms with van der Waals surface area (Å²) < 4.78 is 4.83. The number of hydrogen-bond donors (Lipinski definition) is 0. The van der Waals surface area contributed by atoms with E-state index in [0.717, 1.165) is 5.56 Å². The maximum absolute atomic E-state index is 4.83. The van der Waals surface area contributed by atoms with E-state index in [0.29, 0.717) is 5.88 Å². The first-order valence-corrected chi connectivity index (χ1v) is 2.72. The van der Waals surface area contributed by atoms with Crippen LogP contribution < -0.4 is 4.74 Å². The Bertz CT molecular complexity index is 198. The van der Waals surface area contributed by atoms with E-state index in [1.165, 1.54) is 0 Å². The van der Waals surface area contributed by atoms with Crippen molar-refractivity contribution >= 4 is 0 Å². The number of aromatic nitrogens is 1. The average Bonchev–Trinajstić information content (AvgIpc) is 1.88. The van der Waals surface area contributed by atoms with Crippen molar-refractivity contribution in [3.05, 3.63) is 23.9 Å². The van der Waals surface area contributed by atoms with Crippen LogP contribution in [0.25, 0.3) is 0 Å². The normalized spacial score (nSPS) is 9.11. The molecule has 2 nitrogen and oxygen atoms in total. The van der Waals surface area contributed by atoms with E-state index in [9.17, 15) is 0 Å². The highest BCUT2D eigenvalue weighted by molar-refractivity contribution is 5.16. The van der Waals surface area contributed by atoms with Crippen molar-refractivity contribution in [2.45, 2.75) is 6.92 Å². The molecular weight excluding hydrogens is 114 g/mol. The SMILES string of the molecule is COc1[c]c(C)ccn1. The van der Waals surface area contributed by atoms with Gasteiger partial charge in [-0.3, -0.25) is 0 Å². The molecule has 0 aliphatic carbocycles. The molecule has 0 N–H and O–H groups in total. The number of ether oxygens (including phenoxy) is 1. The van der Waals surface area contributed by atoms with Crippen LogP contribution in [0.5, 0.6) is 5.88 Å². The summed E-state index contributed by atoms with van der Waals surface area (Å²) in [7, 11) is 1.58. The topological polar surface area (TPSA) is 22.1 Å². The number of hydrogen-bond acceptors (Lipinski definition) is 2. The van der Waals surface area contributed by atoms with Crippen LogP contribution in [0.3, 0.4) is 0 Å². The van der Waals surface area contributed by atoms with E-state index < -0.39 is 0 Å². The Labute approximate surface area is 54.5 Å². The first-order chi connectivity index (χ1) is 4.33. The molecule has 1 heterocycles. The Hall–Kier alpha value is -1.05. The zero-order valence-electron chi connectivity index (χ0n) is 5.51. The van der Waals surface area contributed by atoms with Crippen LogP contribution in [0, 0.1) is 13.0 Å². The quantitative estimate of drug-likeness (QED) is 0.558. The van der Waals surface area contributed by atoms with Gasteiger partial charge in [0.05, 0.1) is 13.2 Å². The maximum atomic E-state index is 4.83. The van der Waals surface area contributed by atoms with Gasteiger partial charge in [-0.2, -0.15) is 0 Å². The fourth-order valence-electron chi connectivity index (χ4n) is 0.563. The van der Waals surface area contributed by atoms with Crippen molar-refractivity contribution in [2.24, 2.45) is 0 Å². The molecule has 0 unspecified atom stereocenters. The fraction of sp³-hybridized carbons (Fsp3) is 0.286. The molecule has 0 saturated heterocycles. The van der Waals surface area contributed by atoms with Crippen molar-refractivity contribution in [1.29, 1.82) is 0 Å². The van der Waals surface area contributed by atoms with Crippen molar-refractivity contribution < 1.29 is 4.74 Å². The van der Waals surface area contributed by atoms with Crippen molar-refractivity contribution in [3.63, 3.8) is 0 Å². The lowest BCUT2D eigenvalue weighted by Gasteiger charge is -1.95. The fourth-order valence-corrected chi connectivity index (χ4v) is 0.563. The highest BCUT2D eigenvalue weighted by atomic mass is 16.5. The van der Waals surface area contributed by atoms with Gasteiger partial charge in [-0.05, 0) is 18.6 Å². The van der Waals surface area contributed by atoms with Gasteiger partial charge in [0.1, 0.15) is 0 Å². The summed E-state index contributed by atoms with van der Waals surface area (Å²) in [6, 6.07) is 4.80. The summed E-state index contributed by atoms with van der Waals surface area (Å²) in [5.41, 5.74) is 1.04. The van der Waals surface area contributed by atoms with Gasteiger partial charge >= 0.3 is 0 Å². The van der Waals surface area contributed by atoms with Gasteiger partial charge in [-0.25, -0.2) is 4.98 Å². The molecule has 1 aromatic heterocycles. The van der Waals surface area contributed by atoms with E-state index in [1.54, 1.807) is 13.3 Å². The minimum atomic E-state index is 0.551. The van der Waals surface area contributed by atoms with Crippen LogP contribution in [0.1, 0.15) is 5.56 Å². The van der Waals surface area contributed by atoms with Gasteiger partial charge in [-0.1, -0.05) is 0 Å². The molecule has 0 atom stereocenters. The van der Waals surface area contributed by atoms with Gasteiger partial charge in [0.15, 0.2) is 0 Å². The molecule has 1 radical (unpaired) electrons. The summed E-state index contributed by atoms with van der Waals surface area (Å²) >= 11 is 0. The minimum Gasteiger partial charge on any atom is -0.481 e. The molecule has 2 heteroatoms. The molecule has 0 aliphatic rings. The first kappa shape index (κ1) is 6.08. The molecule has 0 aliphatic heterocycles. The molecule has 0 fully saturated rings. The Morgan fingerprint density at radius 1 is 1.67 bits per heavy atom. The van der Waals surface area contributed by atoms with Gasteiger partial charge in [0.25, 0.3) is 0 Å². The van der Waals surface area contributed by atoms with Crippen molar-refractivity contribution in [2.75, 3.05) is 7.11 Å². The molecule has 0 saturated carbocycles. The molecule has 9 heavy (non-hydrogen) atoms. The predicted octanol–water partition coefficient (Wildman–Crippen LogP) is 1.20. The lowest BCUT2D eigenvalue weighted by atomic mass is 10.3. The highest BCUT2D eigenvalue weighted by Crippen LogP contribution is 2.04. The lowest BCUT2D eigenvalue weighted by Crippen LogP contribution is -1.86. The monoisotopic (exact) mass is 122 g/mol. The van der Waals surface area contributed by atoms with Gasteiger partial charge in [-0.15, -0.1) is 0 Å². The molecule has 47 valence electrons. The van der Waals surface area contributed by atoms with Crippen molar-refractivity contribution in [1.82, 2.24) is 4.98 Å². The van der Waals surface area contributed by atoms with E-state index in [-0.39, 0.29) is 0 Å². The van der Waals surface area contributed by atoms with E-state index >= 15 is 0 Å². The van der Waals surface area contributed by atoms with Crippen LogP contribution in [-0.4, -0.2) is 12.1 Å². The average molecular weight is 122 g/mol. The predicted molar refractivity (Wildman–Crippen MR) is 34.4 cm³/mol. The molecule has 1 rings (SSSR count). The highest BCUT2D eigenvalue weighted by Gasteiger charge is 1.89. The molecular formula is C7H8NO. The summed E-state index contributed by atoms with van der Waals surface area (Å²) in [4.78, 5) is 3.88.